The summed E-state index contributed by atoms with van der Waals surface area (Å²) < 4.78 is 13.6. The number of para-hydroxylation sites is 1. The van der Waals surface area contributed by atoms with Crippen LogP contribution in [0.15, 0.2) is 41.1 Å². The number of nitrogens with zero attached hydrogens (tertiary/aromatic N) is 2. The van der Waals surface area contributed by atoms with Gasteiger partial charge in [-0.25, -0.2) is 0 Å². The molecule has 1 N–H and O–H groups in total. The number of hydrogen-bond donors (Lipinski definition) is 1. The summed E-state index contributed by atoms with van der Waals surface area (Å²) >= 11 is 0. The number of fused-ring (bicyclic) bond motifs is 1. The van der Waals surface area contributed by atoms with Crippen LogP contribution in [0.1, 0.15) is 47.6 Å². The number of furan rings is 1. The highest BCUT2D eigenvalue weighted by Crippen LogP contribution is 2.30. The number of carbonyl (C=O) groups is 1. The quantitative estimate of drug-likeness (QED) is 0.778. The van der Waals surface area contributed by atoms with Gasteiger partial charge in [-0.3, -0.25) is 9.48 Å². The first kappa shape index (κ1) is 16.8. The van der Waals surface area contributed by atoms with Crippen molar-refractivity contribution >= 4 is 16.9 Å². The molecule has 26 heavy (non-hydrogen) atoms. The molecule has 4 rings (SSSR count). The third-order valence-corrected chi connectivity index (χ3v) is 4.99. The monoisotopic (exact) mass is 353 g/mol. The number of benzene rings is 1. The molecule has 0 spiro atoms. The van der Waals surface area contributed by atoms with Crippen LogP contribution in [0.2, 0.25) is 0 Å². The summed E-state index contributed by atoms with van der Waals surface area (Å²) in [5.41, 5.74) is 2.60. The lowest BCUT2D eigenvalue weighted by molar-refractivity contribution is -0.00976. The molecule has 6 nitrogen and oxygen atoms in total. The maximum atomic E-state index is 12.9. The summed E-state index contributed by atoms with van der Waals surface area (Å²) in [4.78, 5) is 12.9. The van der Waals surface area contributed by atoms with E-state index in [0.717, 1.165) is 41.5 Å². The van der Waals surface area contributed by atoms with Crippen molar-refractivity contribution in [3.63, 3.8) is 0 Å². The van der Waals surface area contributed by atoms with E-state index in [1.165, 1.54) is 0 Å². The summed E-state index contributed by atoms with van der Waals surface area (Å²) in [6.45, 7) is 5.46. The van der Waals surface area contributed by atoms with Crippen LogP contribution >= 0.6 is 0 Å². The summed E-state index contributed by atoms with van der Waals surface area (Å²) in [7, 11) is 0. The zero-order chi connectivity index (χ0) is 18.1. The molecule has 1 aliphatic rings. The van der Waals surface area contributed by atoms with Gasteiger partial charge in [-0.1, -0.05) is 18.2 Å². The Morgan fingerprint density at radius 3 is 3.00 bits per heavy atom. The molecule has 1 aromatic carbocycles. The van der Waals surface area contributed by atoms with E-state index in [-0.39, 0.29) is 18.1 Å². The van der Waals surface area contributed by atoms with Gasteiger partial charge in [0, 0.05) is 35.9 Å². The van der Waals surface area contributed by atoms with Crippen molar-refractivity contribution in [3.8, 4) is 0 Å². The predicted molar refractivity (Wildman–Crippen MR) is 98.0 cm³/mol. The number of hydrogen-bond acceptors (Lipinski definition) is 4. The fourth-order valence-electron chi connectivity index (χ4n) is 3.58. The molecule has 0 saturated carbocycles. The van der Waals surface area contributed by atoms with E-state index in [0.29, 0.717) is 12.4 Å². The van der Waals surface area contributed by atoms with Gasteiger partial charge in [-0.2, -0.15) is 5.10 Å². The third kappa shape index (κ3) is 3.01. The SMILES string of the molecule is CCn1cc([C@H]2OCCC[C@@H]2NC(=O)c2oc3ccccc3c2C)cn1. The van der Waals surface area contributed by atoms with Crippen LogP contribution in [0.5, 0.6) is 0 Å². The first-order valence-electron chi connectivity index (χ1n) is 9.10. The molecule has 1 saturated heterocycles. The number of rotatable bonds is 4. The van der Waals surface area contributed by atoms with Crippen molar-refractivity contribution in [2.45, 2.75) is 45.4 Å². The minimum Gasteiger partial charge on any atom is -0.451 e. The molecule has 1 aliphatic heterocycles. The summed E-state index contributed by atoms with van der Waals surface area (Å²) in [6, 6.07) is 7.60. The van der Waals surface area contributed by atoms with E-state index in [2.05, 4.69) is 10.4 Å². The van der Waals surface area contributed by atoms with Crippen molar-refractivity contribution in [1.82, 2.24) is 15.1 Å². The number of nitrogens with one attached hydrogen (secondary N) is 1. The van der Waals surface area contributed by atoms with Crippen molar-refractivity contribution < 1.29 is 13.9 Å². The lowest BCUT2D eigenvalue weighted by Gasteiger charge is -2.31. The molecule has 1 amide bonds. The van der Waals surface area contributed by atoms with Gasteiger partial charge in [0.1, 0.15) is 11.7 Å². The average molecular weight is 353 g/mol. The van der Waals surface area contributed by atoms with Crippen LogP contribution in [-0.2, 0) is 11.3 Å². The second-order valence-electron chi connectivity index (χ2n) is 6.70. The van der Waals surface area contributed by atoms with Gasteiger partial charge in [0.05, 0.1) is 12.2 Å². The van der Waals surface area contributed by atoms with E-state index in [1.54, 1.807) is 0 Å². The maximum Gasteiger partial charge on any atom is 0.287 e. The molecule has 0 radical (unpaired) electrons. The van der Waals surface area contributed by atoms with Gasteiger partial charge in [-0.05, 0) is 32.8 Å². The number of aromatic nitrogens is 2. The average Bonchev–Trinajstić information content (AvgIpc) is 3.27. The maximum absolute atomic E-state index is 12.9. The van der Waals surface area contributed by atoms with Crippen molar-refractivity contribution in [1.29, 1.82) is 0 Å². The van der Waals surface area contributed by atoms with E-state index >= 15 is 0 Å². The molecule has 2 aromatic heterocycles. The van der Waals surface area contributed by atoms with Crippen LogP contribution in [0, 0.1) is 6.92 Å². The van der Waals surface area contributed by atoms with E-state index in [4.69, 9.17) is 9.15 Å². The summed E-state index contributed by atoms with van der Waals surface area (Å²) in [6.07, 6.45) is 5.42. The topological polar surface area (TPSA) is 69.3 Å². The second-order valence-corrected chi connectivity index (χ2v) is 6.70. The normalized spacial score (nSPS) is 20.4. The van der Waals surface area contributed by atoms with Crippen LogP contribution in [-0.4, -0.2) is 28.3 Å². The second kappa shape index (κ2) is 6.96. The van der Waals surface area contributed by atoms with Crippen LogP contribution in [0.4, 0.5) is 0 Å². The van der Waals surface area contributed by atoms with Crippen molar-refractivity contribution in [2.24, 2.45) is 0 Å². The Morgan fingerprint density at radius 1 is 1.38 bits per heavy atom. The van der Waals surface area contributed by atoms with Crippen molar-refractivity contribution in [3.05, 3.63) is 53.5 Å². The molecule has 3 heterocycles. The largest absolute Gasteiger partial charge is 0.451 e. The van der Waals surface area contributed by atoms with E-state index in [9.17, 15) is 4.79 Å². The minimum absolute atomic E-state index is 0.0987. The van der Waals surface area contributed by atoms with Gasteiger partial charge < -0.3 is 14.5 Å². The molecule has 136 valence electrons. The third-order valence-electron chi connectivity index (χ3n) is 4.99. The highest BCUT2D eigenvalue weighted by Gasteiger charge is 2.31. The molecular weight excluding hydrogens is 330 g/mol. The smallest absolute Gasteiger partial charge is 0.287 e. The highest BCUT2D eigenvalue weighted by atomic mass is 16.5. The summed E-state index contributed by atoms with van der Waals surface area (Å²) in [5, 5.41) is 8.42. The van der Waals surface area contributed by atoms with Gasteiger partial charge in [0.2, 0.25) is 0 Å². The van der Waals surface area contributed by atoms with E-state index in [1.807, 2.05) is 55.2 Å². The van der Waals surface area contributed by atoms with Gasteiger partial charge in [-0.15, -0.1) is 0 Å². The zero-order valence-electron chi connectivity index (χ0n) is 15.1. The Labute approximate surface area is 152 Å². The molecule has 0 bridgehead atoms. The number of aryl methyl sites for hydroxylation is 2. The first-order chi connectivity index (χ1) is 12.7. The Hall–Kier alpha value is -2.60. The van der Waals surface area contributed by atoms with Crippen LogP contribution in [0.3, 0.4) is 0 Å². The number of ether oxygens (including phenoxy) is 1. The van der Waals surface area contributed by atoms with Gasteiger partial charge in [0.25, 0.3) is 5.91 Å². The molecule has 0 unspecified atom stereocenters. The molecule has 1 fully saturated rings. The van der Waals surface area contributed by atoms with Crippen molar-refractivity contribution in [2.75, 3.05) is 6.61 Å². The molecular formula is C20H23N3O3. The first-order valence-corrected chi connectivity index (χ1v) is 9.10. The summed E-state index contributed by atoms with van der Waals surface area (Å²) in [5.74, 6) is 0.182. The number of carbonyl (C=O) groups excluding carboxylic acids is 1. The van der Waals surface area contributed by atoms with Gasteiger partial charge >= 0.3 is 0 Å². The fourth-order valence-corrected chi connectivity index (χ4v) is 3.58. The van der Waals surface area contributed by atoms with Crippen LogP contribution < -0.4 is 5.32 Å². The Morgan fingerprint density at radius 2 is 2.23 bits per heavy atom. The Kier molecular flexibility index (Phi) is 4.51. The van der Waals surface area contributed by atoms with E-state index < -0.39 is 0 Å². The lowest BCUT2D eigenvalue weighted by atomic mass is 9.98. The molecule has 2 atom stereocenters. The van der Waals surface area contributed by atoms with Crippen LogP contribution in [0.25, 0.3) is 11.0 Å². The fraction of sp³-hybridized carbons (Fsp3) is 0.400. The standard InChI is InChI=1S/C20H23N3O3/c1-3-23-12-14(11-21-23)19-16(8-6-10-25-19)22-20(24)18-13(2)15-7-4-5-9-17(15)26-18/h4-5,7,9,11-12,16,19H,3,6,8,10H2,1-2H3,(H,22,24)/t16-,19+/m0/s1. The lowest BCUT2D eigenvalue weighted by Crippen LogP contribution is -2.42. The molecule has 0 aliphatic carbocycles. The van der Waals surface area contributed by atoms with Gasteiger partial charge in [0.15, 0.2) is 5.76 Å². The molecule has 6 heteroatoms. The minimum atomic E-state index is -0.193. The molecule has 3 aromatic rings. The Balaban J connectivity index is 1.57. The predicted octanol–water partition coefficient (Wildman–Crippen LogP) is 3.61. The number of amides is 1. The Bertz CT molecular complexity index is 927. The zero-order valence-corrected chi connectivity index (χ0v) is 15.1. The highest BCUT2D eigenvalue weighted by molar-refractivity contribution is 5.99.